The van der Waals surface area contributed by atoms with Gasteiger partial charge in [-0.05, 0) is 12.8 Å². The van der Waals surface area contributed by atoms with Crippen molar-refractivity contribution in [3.05, 3.63) is 0 Å². The van der Waals surface area contributed by atoms with Gasteiger partial charge in [0.05, 0.1) is 19.3 Å². The van der Waals surface area contributed by atoms with E-state index in [0.717, 1.165) is 12.8 Å². The lowest BCUT2D eigenvalue weighted by atomic mass is 9.90. The molecule has 0 aromatic carbocycles. The topological polar surface area (TPSA) is 71.4 Å². The van der Waals surface area contributed by atoms with Crippen LogP contribution in [0, 0.1) is 5.92 Å². The number of hydrogen-bond acceptors (Lipinski definition) is 6. The maximum absolute atomic E-state index is 10.3. The smallest absolute Gasteiger partial charge is 0.178 e. The summed E-state index contributed by atoms with van der Waals surface area (Å²) in [6.45, 7) is 2.11. The number of aliphatic hydroxyl groups is 2. The fraction of sp³-hybridized carbons (Fsp3) is 1.00. The van der Waals surface area contributed by atoms with Crippen molar-refractivity contribution in [3.8, 4) is 0 Å². The lowest BCUT2D eigenvalue weighted by Gasteiger charge is -2.41. The molecular formula is C12H19NO5. The van der Waals surface area contributed by atoms with Gasteiger partial charge in [0.25, 0.3) is 0 Å². The minimum atomic E-state index is -0.569. The van der Waals surface area contributed by atoms with Crippen LogP contribution in [-0.4, -0.2) is 71.7 Å². The molecule has 4 fully saturated rings. The third-order valence-electron chi connectivity index (χ3n) is 4.99. The molecule has 18 heavy (non-hydrogen) atoms. The first-order valence-corrected chi connectivity index (χ1v) is 6.71. The monoisotopic (exact) mass is 257 g/mol. The Labute approximate surface area is 105 Å². The average Bonchev–Trinajstić information content (AvgIpc) is 3.04. The molecule has 4 heterocycles. The molecular weight excluding hydrogens is 238 g/mol. The van der Waals surface area contributed by atoms with Crippen molar-refractivity contribution in [3.63, 3.8) is 0 Å². The van der Waals surface area contributed by atoms with Crippen LogP contribution in [0.2, 0.25) is 0 Å². The Balaban J connectivity index is 1.69. The van der Waals surface area contributed by atoms with E-state index in [1.807, 2.05) is 0 Å². The van der Waals surface area contributed by atoms with Crippen molar-refractivity contribution in [1.82, 2.24) is 4.90 Å². The van der Waals surface area contributed by atoms with Crippen LogP contribution in [-0.2, 0) is 14.2 Å². The van der Waals surface area contributed by atoms with E-state index in [1.54, 1.807) is 0 Å². The van der Waals surface area contributed by atoms with Crippen LogP contribution in [0.15, 0.2) is 0 Å². The van der Waals surface area contributed by atoms with Crippen molar-refractivity contribution >= 4 is 0 Å². The minimum Gasteiger partial charge on any atom is -0.391 e. The number of ether oxygens (including phenoxy) is 3. The van der Waals surface area contributed by atoms with E-state index in [1.165, 1.54) is 0 Å². The predicted octanol–water partition coefficient (Wildman–Crippen LogP) is -1.10. The van der Waals surface area contributed by atoms with Crippen LogP contribution in [0.1, 0.15) is 12.8 Å². The van der Waals surface area contributed by atoms with E-state index in [2.05, 4.69) is 4.90 Å². The first-order chi connectivity index (χ1) is 8.73. The molecule has 4 saturated heterocycles. The van der Waals surface area contributed by atoms with E-state index in [4.69, 9.17) is 14.2 Å². The summed E-state index contributed by atoms with van der Waals surface area (Å²) in [5.41, 5.74) is -0.523. The second-order valence-corrected chi connectivity index (χ2v) is 5.73. The van der Waals surface area contributed by atoms with Crippen molar-refractivity contribution < 1.29 is 24.4 Å². The lowest BCUT2D eigenvalue weighted by Crippen LogP contribution is -2.60. The summed E-state index contributed by atoms with van der Waals surface area (Å²) in [4.78, 5) is 2.10. The molecule has 0 aliphatic carbocycles. The molecule has 4 aliphatic rings. The highest BCUT2D eigenvalue weighted by molar-refractivity contribution is 5.11. The molecule has 0 spiro atoms. The van der Waals surface area contributed by atoms with Crippen molar-refractivity contribution in [2.75, 3.05) is 26.4 Å². The van der Waals surface area contributed by atoms with Crippen LogP contribution in [0.25, 0.3) is 0 Å². The van der Waals surface area contributed by atoms with Crippen molar-refractivity contribution in [2.45, 2.75) is 43.1 Å². The van der Waals surface area contributed by atoms with Gasteiger partial charge >= 0.3 is 0 Å². The van der Waals surface area contributed by atoms with Gasteiger partial charge in [-0.2, -0.15) is 0 Å². The summed E-state index contributed by atoms with van der Waals surface area (Å²) in [6.07, 6.45) is 0.197. The Morgan fingerprint density at radius 3 is 2.89 bits per heavy atom. The molecule has 4 rings (SSSR count). The van der Waals surface area contributed by atoms with Crippen LogP contribution in [0.3, 0.4) is 0 Å². The van der Waals surface area contributed by atoms with Crippen molar-refractivity contribution in [2.24, 2.45) is 5.92 Å². The normalized spacial score (nSPS) is 56.0. The van der Waals surface area contributed by atoms with Crippen molar-refractivity contribution in [1.29, 1.82) is 0 Å². The number of β-amino-alcohol motifs (C(OH)–C–C–N with tert-alkyl or cyclic N) is 1. The Hall–Kier alpha value is -0.240. The fourth-order valence-corrected chi connectivity index (χ4v) is 4.04. The van der Waals surface area contributed by atoms with Gasteiger partial charge in [-0.15, -0.1) is 0 Å². The Bertz CT molecular complexity index is 353. The van der Waals surface area contributed by atoms with Crippen LogP contribution >= 0.6 is 0 Å². The first kappa shape index (κ1) is 11.6. The van der Waals surface area contributed by atoms with Gasteiger partial charge in [0.15, 0.2) is 6.29 Å². The van der Waals surface area contributed by atoms with Gasteiger partial charge in [-0.25, -0.2) is 0 Å². The molecule has 0 radical (unpaired) electrons. The standard InChI is InChI=1S/C12H19NO5/c14-8-5-13(10-7(8)1-3-16-10)12-2-4-17-11(12)18-6-9(12)15/h7-11,14-15H,1-6H2/t7?,8-,9?,10?,11?,12-/m1/s1. The van der Waals surface area contributed by atoms with Gasteiger partial charge in [0.1, 0.15) is 17.9 Å². The lowest BCUT2D eigenvalue weighted by molar-refractivity contribution is -0.154. The molecule has 2 N–H and O–H groups in total. The van der Waals surface area contributed by atoms with Crippen LogP contribution < -0.4 is 0 Å². The van der Waals surface area contributed by atoms with E-state index < -0.39 is 11.6 Å². The third kappa shape index (κ3) is 1.28. The number of hydrogen-bond donors (Lipinski definition) is 2. The van der Waals surface area contributed by atoms with Gasteiger partial charge in [0.2, 0.25) is 0 Å². The highest BCUT2D eigenvalue weighted by Gasteiger charge is 2.64. The fourth-order valence-electron chi connectivity index (χ4n) is 4.04. The molecule has 102 valence electrons. The SMILES string of the molecule is OC1COC2OCC[C@@]12N1C[C@@H](O)C2CCOC21. The van der Waals surface area contributed by atoms with Gasteiger partial charge < -0.3 is 24.4 Å². The summed E-state index contributed by atoms with van der Waals surface area (Å²) < 4.78 is 16.9. The van der Waals surface area contributed by atoms with Gasteiger partial charge in [0, 0.05) is 19.1 Å². The van der Waals surface area contributed by atoms with Gasteiger partial charge in [-0.1, -0.05) is 0 Å². The summed E-state index contributed by atoms with van der Waals surface area (Å²) in [6, 6.07) is 0. The first-order valence-electron chi connectivity index (χ1n) is 6.71. The zero-order valence-corrected chi connectivity index (χ0v) is 10.2. The number of fused-ring (bicyclic) bond motifs is 2. The Morgan fingerprint density at radius 2 is 2.00 bits per heavy atom. The maximum atomic E-state index is 10.3. The predicted molar refractivity (Wildman–Crippen MR) is 59.6 cm³/mol. The molecule has 4 unspecified atom stereocenters. The number of likely N-dealkylation sites (tertiary alicyclic amines) is 1. The number of rotatable bonds is 1. The van der Waals surface area contributed by atoms with Gasteiger partial charge in [-0.3, -0.25) is 4.90 Å². The second kappa shape index (κ2) is 3.88. The van der Waals surface area contributed by atoms with Crippen LogP contribution in [0.4, 0.5) is 0 Å². The highest BCUT2D eigenvalue weighted by Crippen LogP contribution is 2.47. The third-order valence-corrected chi connectivity index (χ3v) is 4.99. The summed E-state index contributed by atoms with van der Waals surface area (Å²) in [5, 5.41) is 20.5. The average molecular weight is 257 g/mol. The molecule has 6 atom stereocenters. The molecule has 0 saturated carbocycles. The number of aliphatic hydroxyl groups excluding tert-OH is 2. The quantitative estimate of drug-likeness (QED) is 0.621. The van der Waals surface area contributed by atoms with Crippen LogP contribution in [0.5, 0.6) is 0 Å². The Morgan fingerprint density at radius 1 is 1.11 bits per heavy atom. The second-order valence-electron chi connectivity index (χ2n) is 5.73. The highest BCUT2D eigenvalue weighted by atomic mass is 16.7. The van der Waals surface area contributed by atoms with E-state index >= 15 is 0 Å². The van der Waals surface area contributed by atoms with E-state index in [9.17, 15) is 10.2 Å². The molecule has 0 aromatic heterocycles. The maximum Gasteiger partial charge on any atom is 0.178 e. The van der Waals surface area contributed by atoms with E-state index in [-0.39, 0.29) is 24.5 Å². The summed E-state index contributed by atoms with van der Waals surface area (Å²) >= 11 is 0. The molecule has 0 bridgehead atoms. The molecule has 0 amide bonds. The zero-order valence-electron chi connectivity index (χ0n) is 10.2. The summed E-state index contributed by atoms with van der Waals surface area (Å²) in [7, 11) is 0. The van der Waals surface area contributed by atoms with E-state index in [0.29, 0.717) is 26.4 Å². The molecule has 0 aromatic rings. The minimum absolute atomic E-state index is 0.0967. The number of nitrogens with zero attached hydrogens (tertiary/aromatic N) is 1. The molecule has 4 aliphatic heterocycles. The Kier molecular flexibility index (Phi) is 2.49. The molecule has 6 heteroatoms. The molecule has 6 nitrogen and oxygen atoms in total. The largest absolute Gasteiger partial charge is 0.391 e. The summed E-state index contributed by atoms with van der Waals surface area (Å²) in [5.74, 6) is 0.161. The zero-order chi connectivity index (χ0) is 12.3.